The van der Waals surface area contributed by atoms with Crippen LogP contribution >= 0.6 is 0 Å². The van der Waals surface area contributed by atoms with Crippen molar-refractivity contribution in [3.05, 3.63) is 29.8 Å². The Kier molecular flexibility index (Phi) is 7.25. The molecular weight excluding hydrogens is 270 g/mol. The van der Waals surface area contributed by atoms with Crippen molar-refractivity contribution in [2.24, 2.45) is 0 Å². The Labute approximate surface area is 125 Å². The van der Waals surface area contributed by atoms with Gasteiger partial charge in [0, 0.05) is 18.7 Å². The van der Waals surface area contributed by atoms with E-state index in [0.29, 0.717) is 18.8 Å². The molecule has 0 radical (unpaired) electrons. The van der Waals surface area contributed by atoms with Crippen LogP contribution in [0.2, 0.25) is 0 Å². The lowest BCUT2D eigenvalue weighted by Crippen LogP contribution is -2.45. The summed E-state index contributed by atoms with van der Waals surface area (Å²) in [5, 5.41) is 7.94. The van der Waals surface area contributed by atoms with Crippen molar-refractivity contribution in [3.63, 3.8) is 0 Å². The Morgan fingerprint density at radius 1 is 1.19 bits per heavy atom. The van der Waals surface area contributed by atoms with Crippen LogP contribution in [-0.4, -0.2) is 31.1 Å². The van der Waals surface area contributed by atoms with E-state index < -0.39 is 18.0 Å². The molecule has 3 amide bonds. The summed E-state index contributed by atoms with van der Waals surface area (Å²) in [5.74, 6) is 0.163. The molecule has 0 spiro atoms. The van der Waals surface area contributed by atoms with Gasteiger partial charge in [0.05, 0.1) is 0 Å². The van der Waals surface area contributed by atoms with Gasteiger partial charge in [0.1, 0.15) is 5.75 Å². The molecule has 1 aromatic carbocycles. The average molecular weight is 293 g/mol. The van der Waals surface area contributed by atoms with Crippen LogP contribution in [0.5, 0.6) is 5.75 Å². The van der Waals surface area contributed by atoms with Crippen LogP contribution < -0.4 is 20.7 Å². The number of nitrogens with one attached hydrogen (secondary N) is 3. The fraction of sp³-hybridized carbons (Fsp3) is 0.467. The molecule has 0 bridgehead atoms. The van der Waals surface area contributed by atoms with Gasteiger partial charge in [-0.25, -0.2) is 4.79 Å². The summed E-state index contributed by atoms with van der Waals surface area (Å²) < 4.78 is 5.65. The average Bonchev–Trinajstić information content (AvgIpc) is 2.46. The summed E-state index contributed by atoms with van der Waals surface area (Å²) in [5.41, 5.74) is 0.969. The number of benzene rings is 1. The second kappa shape index (κ2) is 8.97. The Bertz CT molecular complexity index is 477. The van der Waals surface area contributed by atoms with Crippen LogP contribution in [0.25, 0.3) is 0 Å². The summed E-state index contributed by atoms with van der Waals surface area (Å²) in [6.07, 6.45) is -0.754. The Morgan fingerprint density at radius 2 is 1.90 bits per heavy atom. The molecule has 0 aliphatic carbocycles. The number of rotatable bonds is 7. The topological polar surface area (TPSA) is 79.5 Å². The van der Waals surface area contributed by atoms with Gasteiger partial charge in [0.15, 0.2) is 6.10 Å². The number of ether oxygens (including phenoxy) is 1. The molecule has 1 atom stereocenters. The zero-order chi connectivity index (χ0) is 15.7. The fourth-order valence-electron chi connectivity index (χ4n) is 1.69. The molecule has 0 fully saturated rings. The van der Waals surface area contributed by atoms with Crippen LogP contribution in [-0.2, 0) is 11.3 Å². The SMILES string of the molecule is CCNCc1ccccc1OC(C)C(=O)NC(=O)NCC. The molecule has 0 saturated heterocycles. The molecule has 1 rings (SSSR count). The third-order valence-electron chi connectivity index (χ3n) is 2.79. The molecule has 0 aromatic heterocycles. The highest BCUT2D eigenvalue weighted by molar-refractivity contribution is 5.96. The van der Waals surface area contributed by atoms with E-state index in [1.807, 2.05) is 31.2 Å². The lowest BCUT2D eigenvalue weighted by Gasteiger charge is -2.17. The van der Waals surface area contributed by atoms with Crippen molar-refractivity contribution in [1.29, 1.82) is 0 Å². The lowest BCUT2D eigenvalue weighted by atomic mass is 10.2. The first-order valence-electron chi connectivity index (χ1n) is 7.12. The second-order valence-corrected chi connectivity index (χ2v) is 4.50. The van der Waals surface area contributed by atoms with Crippen molar-refractivity contribution in [2.45, 2.75) is 33.4 Å². The zero-order valence-electron chi connectivity index (χ0n) is 12.7. The van der Waals surface area contributed by atoms with Gasteiger partial charge >= 0.3 is 6.03 Å². The maximum absolute atomic E-state index is 11.8. The van der Waals surface area contributed by atoms with Gasteiger partial charge in [0.2, 0.25) is 0 Å². The van der Waals surface area contributed by atoms with Crippen LogP contribution in [0.3, 0.4) is 0 Å². The first-order valence-corrected chi connectivity index (χ1v) is 7.12. The smallest absolute Gasteiger partial charge is 0.321 e. The number of hydrogen-bond donors (Lipinski definition) is 3. The Balaban J connectivity index is 2.63. The molecule has 0 heterocycles. The molecule has 3 N–H and O–H groups in total. The fourth-order valence-corrected chi connectivity index (χ4v) is 1.69. The number of para-hydroxylation sites is 1. The minimum atomic E-state index is -0.754. The number of carbonyl (C=O) groups excluding carboxylic acids is 2. The van der Waals surface area contributed by atoms with E-state index in [2.05, 4.69) is 16.0 Å². The number of imide groups is 1. The minimum absolute atomic E-state index is 0.458. The van der Waals surface area contributed by atoms with Gasteiger partial charge in [-0.2, -0.15) is 0 Å². The van der Waals surface area contributed by atoms with Crippen LogP contribution in [0, 0.1) is 0 Å². The van der Waals surface area contributed by atoms with Gasteiger partial charge in [0.25, 0.3) is 5.91 Å². The third kappa shape index (κ3) is 5.83. The number of urea groups is 1. The molecule has 1 aromatic rings. The van der Waals surface area contributed by atoms with Gasteiger partial charge in [-0.05, 0) is 26.5 Å². The largest absolute Gasteiger partial charge is 0.481 e. The van der Waals surface area contributed by atoms with Crippen molar-refractivity contribution in [3.8, 4) is 5.75 Å². The Morgan fingerprint density at radius 3 is 2.57 bits per heavy atom. The van der Waals surface area contributed by atoms with Gasteiger partial charge < -0.3 is 15.4 Å². The summed E-state index contributed by atoms with van der Waals surface area (Å²) in [7, 11) is 0. The molecule has 0 aliphatic rings. The van der Waals surface area contributed by atoms with Crippen molar-refractivity contribution in [2.75, 3.05) is 13.1 Å². The molecule has 0 saturated carbocycles. The normalized spacial score (nSPS) is 11.6. The van der Waals surface area contributed by atoms with Gasteiger partial charge in [-0.1, -0.05) is 25.1 Å². The zero-order valence-corrected chi connectivity index (χ0v) is 12.7. The van der Waals surface area contributed by atoms with E-state index in [0.717, 1.165) is 12.1 Å². The predicted molar refractivity (Wildman–Crippen MR) is 81.1 cm³/mol. The second-order valence-electron chi connectivity index (χ2n) is 4.50. The van der Waals surface area contributed by atoms with E-state index in [1.165, 1.54) is 0 Å². The minimum Gasteiger partial charge on any atom is -0.481 e. The first kappa shape index (κ1) is 17.0. The van der Waals surface area contributed by atoms with Gasteiger partial charge in [-0.3, -0.25) is 10.1 Å². The quantitative estimate of drug-likeness (QED) is 0.710. The van der Waals surface area contributed by atoms with Crippen molar-refractivity contribution in [1.82, 2.24) is 16.0 Å². The number of carbonyl (C=O) groups is 2. The third-order valence-corrected chi connectivity index (χ3v) is 2.79. The first-order chi connectivity index (χ1) is 10.1. The maximum Gasteiger partial charge on any atom is 0.321 e. The standard InChI is InChI=1S/C15H23N3O3/c1-4-16-10-12-8-6-7-9-13(12)21-11(3)14(19)18-15(20)17-5-2/h6-9,11,16H,4-5,10H2,1-3H3,(H2,17,18,19,20). The maximum atomic E-state index is 11.8. The predicted octanol–water partition coefficient (Wildman–Crippen LogP) is 1.41. The number of hydrogen-bond acceptors (Lipinski definition) is 4. The Hall–Kier alpha value is -2.08. The highest BCUT2D eigenvalue weighted by Gasteiger charge is 2.18. The highest BCUT2D eigenvalue weighted by Crippen LogP contribution is 2.19. The summed E-state index contributed by atoms with van der Waals surface area (Å²) in [6.45, 7) is 7.38. The molecule has 1 unspecified atom stereocenters. The van der Waals surface area contributed by atoms with Crippen molar-refractivity contribution < 1.29 is 14.3 Å². The molecule has 0 aliphatic heterocycles. The summed E-state index contributed by atoms with van der Waals surface area (Å²) in [4.78, 5) is 23.2. The summed E-state index contributed by atoms with van der Waals surface area (Å²) >= 11 is 0. The lowest BCUT2D eigenvalue weighted by molar-refractivity contribution is -0.126. The van der Waals surface area contributed by atoms with Crippen molar-refractivity contribution >= 4 is 11.9 Å². The van der Waals surface area contributed by atoms with E-state index >= 15 is 0 Å². The van der Waals surface area contributed by atoms with E-state index in [9.17, 15) is 9.59 Å². The van der Waals surface area contributed by atoms with E-state index in [1.54, 1.807) is 13.8 Å². The number of amides is 3. The molecule has 116 valence electrons. The van der Waals surface area contributed by atoms with Crippen LogP contribution in [0.15, 0.2) is 24.3 Å². The monoisotopic (exact) mass is 293 g/mol. The molecule has 6 heteroatoms. The molecular formula is C15H23N3O3. The molecule has 21 heavy (non-hydrogen) atoms. The summed E-state index contributed by atoms with van der Waals surface area (Å²) in [6, 6.07) is 6.99. The van der Waals surface area contributed by atoms with Crippen LogP contribution in [0.1, 0.15) is 26.3 Å². The van der Waals surface area contributed by atoms with Gasteiger partial charge in [-0.15, -0.1) is 0 Å². The highest BCUT2D eigenvalue weighted by atomic mass is 16.5. The van der Waals surface area contributed by atoms with Crippen LogP contribution in [0.4, 0.5) is 4.79 Å². The molecule has 6 nitrogen and oxygen atoms in total. The van der Waals surface area contributed by atoms with E-state index in [4.69, 9.17) is 4.74 Å². The van der Waals surface area contributed by atoms with E-state index in [-0.39, 0.29) is 0 Å².